The van der Waals surface area contributed by atoms with Crippen LogP contribution < -0.4 is 9.64 Å². The Morgan fingerprint density at radius 2 is 0.661 bits per heavy atom. The second kappa shape index (κ2) is 15.8. The first-order valence-corrected chi connectivity index (χ1v) is 18.6. The molecule has 0 spiro atoms. The first kappa shape index (κ1) is 34.2. The van der Waals surface area contributed by atoms with Crippen molar-refractivity contribution in [2.24, 2.45) is 0 Å². The smallest absolute Gasteiger partial charge is 0.164 e. The number of benzene rings is 8. The average molecular weight is 721 g/mol. The first-order chi connectivity index (χ1) is 27.7. The van der Waals surface area contributed by atoms with Crippen LogP contribution in [0.1, 0.15) is 0 Å². The predicted octanol–water partition coefficient (Wildman–Crippen LogP) is 13.5. The van der Waals surface area contributed by atoms with Gasteiger partial charge in [0, 0.05) is 39.8 Å². The van der Waals surface area contributed by atoms with Crippen LogP contribution in [0.5, 0.6) is 11.5 Å². The molecule has 1 heterocycles. The summed E-state index contributed by atoms with van der Waals surface area (Å²) in [6.07, 6.45) is 0. The molecule has 0 aliphatic rings. The lowest BCUT2D eigenvalue weighted by molar-refractivity contribution is 0.483. The molecular weight excluding hydrogens is 685 g/mol. The molecule has 5 nitrogen and oxygen atoms in total. The topological polar surface area (TPSA) is 51.1 Å². The van der Waals surface area contributed by atoms with Gasteiger partial charge in [-0.15, -0.1) is 0 Å². The van der Waals surface area contributed by atoms with Gasteiger partial charge in [0.1, 0.15) is 11.5 Å². The summed E-state index contributed by atoms with van der Waals surface area (Å²) in [7, 11) is 0. The zero-order chi connectivity index (χ0) is 37.5. The Morgan fingerprint density at radius 1 is 0.268 bits per heavy atom. The van der Waals surface area contributed by atoms with Gasteiger partial charge >= 0.3 is 0 Å². The highest BCUT2D eigenvalue weighted by Crippen LogP contribution is 2.38. The summed E-state index contributed by atoms with van der Waals surface area (Å²) < 4.78 is 6.56. The van der Waals surface area contributed by atoms with Gasteiger partial charge in [0.2, 0.25) is 0 Å². The van der Waals surface area contributed by atoms with Gasteiger partial charge < -0.3 is 9.64 Å². The fourth-order valence-electron chi connectivity index (χ4n) is 6.79. The summed E-state index contributed by atoms with van der Waals surface area (Å²) >= 11 is 0. The lowest BCUT2D eigenvalue weighted by Gasteiger charge is -2.26. The van der Waals surface area contributed by atoms with Crippen molar-refractivity contribution >= 4 is 17.1 Å². The normalized spacial score (nSPS) is 10.9. The van der Waals surface area contributed by atoms with Crippen LogP contribution in [-0.4, -0.2) is 15.0 Å². The Labute approximate surface area is 326 Å². The van der Waals surface area contributed by atoms with Crippen molar-refractivity contribution in [1.82, 2.24) is 15.0 Å². The molecule has 0 amide bonds. The van der Waals surface area contributed by atoms with Gasteiger partial charge in [-0.2, -0.15) is 0 Å². The van der Waals surface area contributed by atoms with E-state index in [0.717, 1.165) is 56.4 Å². The number of hydrogen-bond donors (Lipinski definition) is 0. The zero-order valence-corrected chi connectivity index (χ0v) is 30.5. The molecule has 0 fully saturated rings. The molecule has 0 radical (unpaired) electrons. The summed E-state index contributed by atoms with van der Waals surface area (Å²) in [5.74, 6) is 3.35. The van der Waals surface area contributed by atoms with E-state index in [9.17, 15) is 0 Å². The molecule has 9 aromatic rings. The van der Waals surface area contributed by atoms with Crippen molar-refractivity contribution in [3.8, 4) is 67.9 Å². The SMILES string of the molecule is c1ccc(-c2ccc(N(c3ccccc3)c3cccc(Oc4cccc(-c5cccc(-c6nc(-c7ccccc7)nc(-c7ccccc7)n6)c5)c4)c3)cc2)cc1. The molecule has 0 saturated carbocycles. The predicted molar refractivity (Wildman–Crippen MR) is 228 cm³/mol. The van der Waals surface area contributed by atoms with Crippen LogP contribution >= 0.6 is 0 Å². The van der Waals surface area contributed by atoms with E-state index in [1.165, 1.54) is 11.1 Å². The van der Waals surface area contributed by atoms with Gasteiger partial charge in [-0.05, 0) is 76.9 Å². The molecule has 0 aliphatic carbocycles. The van der Waals surface area contributed by atoms with Crippen molar-refractivity contribution in [2.75, 3.05) is 4.90 Å². The Morgan fingerprint density at radius 3 is 1.27 bits per heavy atom. The lowest BCUT2D eigenvalue weighted by Crippen LogP contribution is -2.09. The maximum Gasteiger partial charge on any atom is 0.164 e. The van der Waals surface area contributed by atoms with Crippen molar-refractivity contribution in [1.29, 1.82) is 0 Å². The minimum absolute atomic E-state index is 0.612. The minimum atomic E-state index is 0.612. The van der Waals surface area contributed by atoms with Gasteiger partial charge in [-0.1, -0.05) is 158 Å². The van der Waals surface area contributed by atoms with Gasteiger partial charge in [0.15, 0.2) is 17.5 Å². The van der Waals surface area contributed by atoms with Gasteiger partial charge in [-0.3, -0.25) is 0 Å². The van der Waals surface area contributed by atoms with Crippen LogP contribution in [-0.2, 0) is 0 Å². The van der Waals surface area contributed by atoms with Crippen molar-refractivity contribution in [3.05, 3.63) is 218 Å². The van der Waals surface area contributed by atoms with Gasteiger partial charge in [0.25, 0.3) is 0 Å². The van der Waals surface area contributed by atoms with E-state index in [1.54, 1.807) is 0 Å². The summed E-state index contributed by atoms with van der Waals surface area (Å²) in [6.45, 7) is 0. The summed E-state index contributed by atoms with van der Waals surface area (Å²) in [6, 6.07) is 74.3. The highest BCUT2D eigenvalue weighted by atomic mass is 16.5. The molecule has 0 atom stereocenters. The molecule has 9 rings (SSSR count). The zero-order valence-electron chi connectivity index (χ0n) is 30.5. The quantitative estimate of drug-likeness (QED) is 0.141. The number of aromatic nitrogens is 3. The molecule has 8 aromatic carbocycles. The molecule has 0 unspecified atom stereocenters. The number of ether oxygens (including phenoxy) is 1. The maximum absolute atomic E-state index is 6.56. The van der Waals surface area contributed by atoms with Crippen LogP contribution in [0.25, 0.3) is 56.4 Å². The third-order valence-corrected chi connectivity index (χ3v) is 9.55. The second-order valence-corrected chi connectivity index (χ2v) is 13.3. The Balaban J connectivity index is 1.01. The maximum atomic E-state index is 6.56. The van der Waals surface area contributed by atoms with Gasteiger partial charge in [-0.25, -0.2) is 15.0 Å². The van der Waals surface area contributed by atoms with Crippen LogP contribution in [0.15, 0.2) is 218 Å². The lowest BCUT2D eigenvalue weighted by atomic mass is 10.0. The highest BCUT2D eigenvalue weighted by molar-refractivity contribution is 5.79. The number of para-hydroxylation sites is 1. The first-order valence-electron chi connectivity index (χ1n) is 18.6. The number of anilines is 3. The fourth-order valence-corrected chi connectivity index (χ4v) is 6.79. The monoisotopic (exact) mass is 720 g/mol. The Kier molecular flexibility index (Phi) is 9.62. The number of hydrogen-bond acceptors (Lipinski definition) is 5. The van der Waals surface area contributed by atoms with Crippen molar-refractivity contribution in [3.63, 3.8) is 0 Å². The van der Waals surface area contributed by atoms with Crippen LogP contribution in [0.4, 0.5) is 17.1 Å². The van der Waals surface area contributed by atoms with E-state index >= 15 is 0 Å². The fraction of sp³-hybridized carbons (Fsp3) is 0. The molecule has 0 saturated heterocycles. The molecule has 0 aliphatic heterocycles. The van der Waals surface area contributed by atoms with Crippen LogP contribution in [0.3, 0.4) is 0 Å². The van der Waals surface area contributed by atoms with Crippen molar-refractivity contribution < 1.29 is 4.74 Å². The molecule has 0 N–H and O–H groups in total. The van der Waals surface area contributed by atoms with E-state index in [1.807, 2.05) is 109 Å². The van der Waals surface area contributed by atoms with E-state index in [-0.39, 0.29) is 0 Å². The van der Waals surface area contributed by atoms with E-state index in [0.29, 0.717) is 17.5 Å². The molecule has 0 bridgehead atoms. The summed E-state index contributed by atoms with van der Waals surface area (Å²) in [4.78, 5) is 17.0. The average Bonchev–Trinajstić information content (AvgIpc) is 3.28. The van der Waals surface area contributed by atoms with E-state index in [4.69, 9.17) is 19.7 Å². The van der Waals surface area contributed by atoms with E-state index in [2.05, 4.69) is 114 Å². The second-order valence-electron chi connectivity index (χ2n) is 13.3. The minimum Gasteiger partial charge on any atom is -0.457 e. The highest BCUT2D eigenvalue weighted by Gasteiger charge is 2.15. The Hall–Kier alpha value is -7.63. The molecular formula is C51H36N4O. The molecule has 56 heavy (non-hydrogen) atoms. The van der Waals surface area contributed by atoms with Crippen LogP contribution in [0, 0.1) is 0 Å². The largest absolute Gasteiger partial charge is 0.457 e. The third-order valence-electron chi connectivity index (χ3n) is 9.55. The standard InChI is InChI=1S/C51H36N4O/c1-5-16-37(17-6-1)38-30-32-45(33-31-38)55(44-25-11-4-12-26-44)46-27-15-29-48(36-46)56-47-28-14-23-42(35-47)41-22-13-24-43(34-41)51-53-49(39-18-7-2-8-19-39)52-50(54-51)40-20-9-3-10-21-40/h1-36H. The van der Waals surface area contributed by atoms with Crippen molar-refractivity contribution in [2.45, 2.75) is 0 Å². The molecule has 266 valence electrons. The Bertz CT molecular complexity index is 2650. The summed E-state index contributed by atoms with van der Waals surface area (Å²) in [5, 5.41) is 0. The number of rotatable bonds is 10. The van der Waals surface area contributed by atoms with Gasteiger partial charge in [0.05, 0.1) is 0 Å². The molecule has 1 aromatic heterocycles. The van der Waals surface area contributed by atoms with Crippen LogP contribution in [0.2, 0.25) is 0 Å². The number of nitrogens with zero attached hydrogens (tertiary/aromatic N) is 4. The molecule has 5 heteroatoms. The summed E-state index contributed by atoms with van der Waals surface area (Å²) in [5.41, 5.74) is 10.3. The van der Waals surface area contributed by atoms with E-state index < -0.39 is 0 Å². The third kappa shape index (κ3) is 7.56.